The van der Waals surface area contributed by atoms with E-state index in [4.69, 9.17) is 9.72 Å². The first-order valence-corrected chi connectivity index (χ1v) is 14.9. The van der Waals surface area contributed by atoms with Gasteiger partial charge in [-0.3, -0.25) is 8.77 Å². The molecular weight excluding hydrogens is 634 g/mol. The van der Waals surface area contributed by atoms with Gasteiger partial charge < -0.3 is 14.2 Å². The van der Waals surface area contributed by atoms with Crippen molar-refractivity contribution in [2.45, 2.75) is 13.0 Å². The predicted molar refractivity (Wildman–Crippen MR) is 147 cm³/mol. The standard InChI is InChI=1S/C24H21BrFIN4O2S/c1-15(16-2-3-22(26)21(25)10-16)30-5-4-17(11-23(30)32)20-14-31(34-27)24-19(20)12-18(13-28-24)29-6-8-33-9-7-29/h2-5,10-15H,6-9H2,1H3. The van der Waals surface area contributed by atoms with E-state index in [1.54, 1.807) is 29.0 Å². The first kappa shape index (κ1) is 23.8. The molecule has 0 spiro atoms. The summed E-state index contributed by atoms with van der Waals surface area (Å²) in [7, 11) is 1.54. The third kappa shape index (κ3) is 4.52. The maximum atomic E-state index is 13.7. The molecule has 1 saturated heterocycles. The molecule has 3 aromatic heterocycles. The van der Waals surface area contributed by atoms with Crippen molar-refractivity contribution in [2.75, 3.05) is 31.2 Å². The number of benzene rings is 1. The summed E-state index contributed by atoms with van der Waals surface area (Å²) in [6.45, 7) is 5.00. The smallest absolute Gasteiger partial charge is 0.251 e. The van der Waals surface area contributed by atoms with Gasteiger partial charge in [0.25, 0.3) is 5.56 Å². The Morgan fingerprint density at radius 2 is 2.00 bits per heavy atom. The fraction of sp³-hybridized carbons (Fsp3) is 0.250. The summed E-state index contributed by atoms with van der Waals surface area (Å²) in [5, 5.41) is 1.00. The lowest BCUT2D eigenvalue weighted by Crippen LogP contribution is -2.36. The first-order chi connectivity index (χ1) is 16.5. The Morgan fingerprint density at radius 1 is 1.21 bits per heavy atom. The second-order valence-electron chi connectivity index (χ2n) is 8.11. The number of fused-ring (bicyclic) bond motifs is 1. The number of aromatic nitrogens is 3. The van der Waals surface area contributed by atoms with E-state index >= 15 is 0 Å². The minimum Gasteiger partial charge on any atom is -0.378 e. The van der Waals surface area contributed by atoms with E-state index in [9.17, 15) is 9.18 Å². The van der Waals surface area contributed by atoms with Crippen LogP contribution in [0.5, 0.6) is 0 Å². The van der Waals surface area contributed by atoms with E-state index in [1.807, 2.05) is 29.4 Å². The van der Waals surface area contributed by atoms with Crippen LogP contribution in [0.25, 0.3) is 22.2 Å². The van der Waals surface area contributed by atoms with Crippen LogP contribution in [0, 0.1) is 5.82 Å². The van der Waals surface area contributed by atoms with Gasteiger partial charge in [-0.2, -0.15) is 0 Å². The van der Waals surface area contributed by atoms with Crippen molar-refractivity contribution in [3.05, 3.63) is 81.2 Å². The molecule has 4 aromatic rings. The Bertz CT molecular complexity index is 1420. The Balaban J connectivity index is 1.54. The minimum absolute atomic E-state index is 0.120. The highest BCUT2D eigenvalue weighted by atomic mass is 127. The number of pyridine rings is 2. The van der Waals surface area contributed by atoms with Crippen molar-refractivity contribution in [3.8, 4) is 11.1 Å². The molecule has 10 heteroatoms. The number of rotatable bonds is 5. The largest absolute Gasteiger partial charge is 0.378 e. The highest BCUT2D eigenvalue weighted by Gasteiger charge is 2.18. The monoisotopic (exact) mass is 654 g/mol. The quantitative estimate of drug-likeness (QED) is 0.245. The molecule has 1 aromatic carbocycles. The van der Waals surface area contributed by atoms with E-state index in [1.165, 1.54) is 15.2 Å². The Morgan fingerprint density at radius 3 is 2.71 bits per heavy atom. The zero-order chi connectivity index (χ0) is 23.8. The van der Waals surface area contributed by atoms with Crippen LogP contribution in [0.1, 0.15) is 18.5 Å². The van der Waals surface area contributed by atoms with Gasteiger partial charge in [0.15, 0.2) is 5.65 Å². The average Bonchev–Trinajstić information content (AvgIpc) is 3.24. The molecule has 1 aliphatic rings. The zero-order valence-electron chi connectivity index (χ0n) is 18.2. The van der Waals surface area contributed by atoms with Crippen LogP contribution in [-0.2, 0) is 4.74 Å². The third-order valence-corrected chi connectivity index (χ3v) is 8.46. The van der Waals surface area contributed by atoms with Gasteiger partial charge in [-0.1, -0.05) is 6.07 Å². The van der Waals surface area contributed by atoms with Crippen molar-refractivity contribution in [3.63, 3.8) is 0 Å². The molecule has 34 heavy (non-hydrogen) atoms. The van der Waals surface area contributed by atoms with E-state index in [2.05, 4.69) is 48.1 Å². The molecule has 1 unspecified atom stereocenters. The molecule has 176 valence electrons. The van der Waals surface area contributed by atoms with Crippen LogP contribution in [0.4, 0.5) is 10.1 Å². The summed E-state index contributed by atoms with van der Waals surface area (Å²) in [4.78, 5) is 20.1. The lowest BCUT2D eigenvalue weighted by molar-refractivity contribution is 0.122. The Labute approximate surface area is 221 Å². The number of halogens is 3. The number of hydrogen-bond acceptors (Lipinski definition) is 5. The van der Waals surface area contributed by atoms with E-state index in [0.717, 1.165) is 46.5 Å². The summed E-state index contributed by atoms with van der Waals surface area (Å²) in [5.41, 5.74) is 4.44. The molecule has 1 atom stereocenters. The van der Waals surface area contributed by atoms with E-state index in [-0.39, 0.29) is 17.4 Å². The molecule has 0 radical (unpaired) electrons. The molecule has 0 bridgehead atoms. The molecule has 5 rings (SSSR count). The molecule has 1 aliphatic heterocycles. The maximum absolute atomic E-state index is 13.7. The summed E-state index contributed by atoms with van der Waals surface area (Å²) >= 11 is 5.46. The Kier molecular flexibility index (Phi) is 7.01. The number of hydrogen-bond donors (Lipinski definition) is 0. The van der Waals surface area contributed by atoms with Crippen LogP contribution in [0.15, 0.2) is 64.3 Å². The maximum Gasteiger partial charge on any atom is 0.251 e. The van der Waals surface area contributed by atoms with Gasteiger partial charge in [0, 0.05) is 72.8 Å². The number of morpholine rings is 1. The van der Waals surface area contributed by atoms with Crippen molar-refractivity contribution >= 4 is 63.0 Å². The van der Waals surface area contributed by atoms with Gasteiger partial charge in [-0.25, -0.2) is 9.37 Å². The summed E-state index contributed by atoms with van der Waals surface area (Å²) in [6, 6.07) is 10.3. The van der Waals surface area contributed by atoms with Crippen molar-refractivity contribution < 1.29 is 9.13 Å². The van der Waals surface area contributed by atoms with Gasteiger partial charge in [-0.05, 0) is 58.2 Å². The predicted octanol–water partition coefficient (Wildman–Crippen LogP) is 6.06. The van der Waals surface area contributed by atoms with Crippen molar-refractivity contribution in [1.82, 2.24) is 13.5 Å². The summed E-state index contributed by atoms with van der Waals surface area (Å²) in [5.74, 6) is -0.326. The zero-order valence-corrected chi connectivity index (χ0v) is 22.8. The molecule has 6 nitrogen and oxygen atoms in total. The van der Waals surface area contributed by atoms with Gasteiger partial charge in [0.1, 0.15) is 5.82 Å². The van der Waals surface area contributed by atoms with Gasteiger partial charge in [-0.15, -0.1) is 0 Å². The van der Waals surface area contributed by atoms with Gasteiger partial charge in [0.2, 0.25) is 0 Å². The highest BCUT2D eigenvalue weighted by Crippen LogP contribution is 2.35. The molecule has 0 saturated carbocycles. The van der Waals surface area contributed by atoms with Crippen LogP contribution >= 0.6 is 46.3 Å². The van der Waals surface area contributed by atoms with Gasteiger partial charge in [0.05, 0.1) is 35.6 Å². The topological polar surface area (TPSA) is 52.3 Å². The van der Waals surface area contributed by atoms with E-state index < -0.39 is 0 Å². The third-order valence-electron chi connectivity index (χ3n) is 6.15. The lowest BCUT2D eigenvalue weighted by Gasteiger charge is -2.28. The number of anilines is 1. The van der Waals surface area contributed by atoms with Crippen molar-refractivity contribution in [2.24, 2.45) is 0 Å². The fourth-order valence-electron chi connectivity index (χ4n) is 4.26. The lowest BCUT2D eigenvalue weighted by atomic mass is 10.1. The van der Waals surface area contributed by atoms with Gasteiger partial charge >= 0.3 is 0 Å². The molecule has 0 amide bonds. The van der Waals surface area contributed by atoms with Crippen molar-refractivity contribution in [1.29, 1.82) is 0 Å². The number of ether oxygens (including phenoxy) is 1. The summed E-state index contributed by atoms with van der Waals surface area (Å²) < 4.78 is 23.2. The number of nitrogens with zero attached hydrogens (tertiary/aromatic N) is 4. The second-order valence-corrected chi connectivity index (χ2v) is 10.7. The molecule has 1 fully saturated rings. The van der Waals surface area contributed by atoms with E-state index in [0.29, 0.717) is 17.7 Å². The molecule has 0 aliphatic carbocycles. The minimum atomic E-state index is -0.326. The normalized spacial score (nSPS) is 15.1. The first-order valence-electron chi connectivity index (χ1n) is 10.8. The fourth-order valence-corrected chi connectivity index (χ4v) is 5.91. The van der Waals surface area contributed by atoms with Crippen LogP contribution in [-0.4, -0.2) is 39.8 Å². The highest BCUT2D eigenvalue weighted by molar-refractivity contribution is 14.2. The molecule has 4 heterocycles. The Hall–Kier alpha value is -1.89. The SMILES string of the molecule is CC(c1ccc(F)c(Br)c1)n1ccc(-c2cn(SI)c3ncc(N4CCOCC4)cc23)cc1=O. The average molecular weight is 655 g/mol. The van der Waals surface area contributed by atoms with Crippen LogP contribution in [0.3, 0.4) is 0 Å². The molecular formula is C24H21BrFIN4O2S. The second kappa shape index (κ2) is 10.00. The van der Waals surface area contributed by atoms with Crippen LogP contribution in [0.2, 0.25) is 0 Å². The molecule has 0 N–H and O–H groups in total. The van der Waals surface area contributed by atoms with Crippen LogP contribution < -0.4 is 10.5 Å². The summed E-state index contributed by atoms with van der Waals surface area (Å²) in [6.07, 6.45) is 5.73.